The molecule has 0 unspecified atom stereocenters. The fraction of sp³-hybridized carbons (Fsp3) is 0.200. The zero-order valence-corrected chi connectivity index (χ0v) is 8.84. The highest BCUT2D eigenvalue weighted by molar-refractivity contribution is 5.72. The molecule has 0 amide bonds. The van der Waals surface area contributed by atoms with Crippen LogP contribution in [0.25, 0.3) is 0 Å². The summed E-state index contributed by atoms with van der Waals surface area (Å²) in [5, 5.41) is 19.6. The molecular formula is C10H8N2O5. The normalized spacial score (nSPS) is 9.00. The molecule has 0 aliphatic rings. The first kappa shape index (κ1) is 12.4. The SMILES string of the molecule is COC(=O)CC#Cc1ccc(O)c([N+](=O)[O-])n1. The van der Waals surface area contributed by atoms with Crippen molar-refractivity contribution in [1.82, 2.24) is 4.98 Å². The van der Waals surface area contributed by atoms with Gasteiger partial charge in [-0.1, -0.05) is 5.92 Å². The summed E-state index contributed by atoms with van der Waals surface area (Å²) in [5.74, 6) is 3.19. The quantitative estimate of drug-likeness (QED) is 0.349. The molecule has 0 radical (unpaired) electrons. The minimum Gasteiger partial charge on any atom is -0.501 e. The Bertz CT molecular complexity index is 515. The lowest BCUT2D eigenvalue weighted by atomic mass is 10.3. The van der Waals surface area contributed by atoms with Crippen LogP contribution in [-0.2, 0) is 9.53 Å². The van der Waals surface area contributed by atoms with Crippen LogP contribution < -0.4 is 0 Å². The molecule has 0 atom stereocenters. The second-order valence-electron chi connectivity index (χ2n) is 2.85. The summed E-state index contributed by atoms with van der Waals surface area (Å²) in [5.41, 5.74) is 0.0957. The molecule has 0 spiro atoms. The van der Waals surface area contributed by atoms with Crippen LogP contribution in [-0.4, -0.2) is 28.1 Å². The first-order valence-corrected chi connectivity index (χ1v) is 4.44. The van der Waals surface area contributed by atoms with Crippen LogP contribution in [0, 0.1) is 22.0 Å². The standard InChI is InChI=1S/C10H8N2O5/c1-17-9(14)4-2-3-7-5-6-8(13)10(11-7)12(15)16/h5-6,13H,4H2,1H3. The number of nitro groups is 1. The molecule has 0 aromatic carbocycles. The number of hydrogen-bond acceptors (Lipinski definition) is 6. The maximum absolute atomic E-state index is 10.7. The Morgan fingerprint density at radius 1 is 1.65 bits per heavy atom. The monoisotopic (exact) mass is 236 g/mol. The van der Waals surface area contributed by atoms with Gasteiger partial charge < -0.3 is 20.0 Å². The van der Waals surface area contributed by atoms with Gasteiger partial charge in [0.25, 0.3) is 0 Å². The molecule has 1 aromatic heterocycles. The van der Waals surface area contributed by atoms with Gasteiger partial charge in [0.2, 0.25) is 11.4 Å². The van der Waals surface area contributed by atoms with Crippen LogP contribution in [0.15, 0.2) is 12.1 Å². The largest absolute Gasteiger partial charge is 0.501 e. The van der Waals surface area contributed by atoms with Gasteiger partial charge in [-0.2, -0.15) is 0 Å². The lowest BCUT2D eigenvalue weighted by molar-refractivity contribution is -0.390. The zero-order chi connectivity index (χ0) is 12.8. The molecule has 1 rings (SSSR count). The van der Waals surface area contributed by atoms with Crippen molar-refractivity contribution in [3.8, 4) is 17.6 Å². The molecule has 7 heteroatoms. The van der Waals surface area contributed by atoms with E-state index in [4.69, 9.17) is 5.11 Å². The number of nitrogens with zero attached hydrogens (tertiary/aromatic N) is 2. The van der Waals surface area contributed by atoms with E-state index >= 15 is 0 Å². The average molecular weight is 236 g/mol. The third-order valence-corrected chi connectivity index (χ3v) is 1.70. The number of ether oxygens (including phenoxy) is 1. The van der Waals surface area contributed by atoms with Gasteiger partial charge in [-0.3, -0.25) is 4.79 Å². The predicted molar refractivity (Wildman–Crippen MR) is 56.1 cm³/mol. The van der Waals surface area contributed by atoms with Gasteiger partial charge in [-0.05, 0) is 21.9 Å². The third-order valence-electron chi connectivity index (χ3n) is 1.70. The molecule has 1 heterocycles. The van der Waals surface area contributed by atoms with Crippen molar-refractivity contribution in [2.24, 2.45) is 0 Å². The lowest BCUT2D eigenvalue weighted by Crippen LogP contribution is -1.97. The summed E-state index contributed by atoms with van der Waals surface area (Å²) >= 11 is 0. The van der Waals surface area contributed by atoms with E-state index in [0.717, 1.165) is 6.07 Å². The second-order valence-corrected chi connectivity index (χ2v) is 2.85. The van der Waals surface area contributed by atoms with E-state index in [2.05, 4.69) is 21.6 Å². The summed E-state index contributed by atoms with van der Waals surface area (Å²) in [6, 6.07) is 2.43. The Morgan fingerprint density at radius 2 is 2.35 bits per heavy atom. The van der Waals surface area contributed by atoms with Crippen LogP contribution >= 0.6 is 0 Å². The molecule has 1 N–H and O–H groups in total. The molecule has 0 saturated carbocycles. The van der Waals surface area contributed by atoms with E-state index in [1.54, 1.807) is 0 Å². The van der Waals surface area contributed by atoms with Gasteiger partial charge in [0.05, 0.1) is 7.11 Å². The van der Waals surface area contributed by atoms with Gasteiger partial charge in [0, 0.05) is 6.07 Å². The number of carbonyl (C=O) groups excluding carboxylic acids is 1. The number of aromatic nitrogens is 1. The van der Waals surface area contributed by atoms with Gasteiger partial charge in [0.15, 0.2) is 0 Å². The van der Waals surface area contributed by atoms with Gasteiger partial charge in [-0.25, -0.2) is 0 Å². The number of carbonyl (C=O) groups is 1. The third kappa shape index (κ3) is 3.46. The topological polar surface area (TPSA) is 103 Å². The van der Waals surface area contributed by atoms with E-state index in [0.29, 0.717) is 0 Å². The fourth-order valence-corrected chi connectivity index (χ4v) is 0.924. The van der Waals surface area contributed by atoms with E-state index in [1.165, 1.54) is 13.2 Å². The van der Waals surface area contributed by atoms with Crippen molar-refractivity contribution in [3.05, 3.63) is 27.9 Å². The smallest absolute Gasteiger partial charge is 0.407 e. The first-order chi connectivity index (χ1) is 8.04. The minimum absolute atomic E-state index is 0.0957. The molecule has 1 aromatic rings. The summed E-state index contributed by atoms with van der Waals surface area (Å²) in [6.45, 7) is 0. The van der Waals surface area contributed by atoms with Crippen LogP contribution in [0.5, 0.6) is 5.75 Å². The highest BCUT2D eigenvalue weighted by Crippen LogP contribution is 2.21. The predicted octanol–water partition coefficient (Wildman–Crippen LogP) is 0.610. The Kier molecular flexibility index (Phi) is 4.00. The maximum Gasteiger partial charge on any atom is 0.407 e. The summed E-state index contributed by atoms with van der Waals surface area (Å²) < 4.78 is 4.36. The van der Waals surface area contributed by atoms with Crippen molar-refractivity contribution >= 4 is 11.8 Å². The van der Waals surface area contributed by atoms with E-state index < -0.39 is 22.5 Å². The molecular weight excluding hydrogens is 228 g/mol. The van der Waals surface area contributed by atoms with E-state index in [-0.39, 0.29) is 12.1 Å². The average Bonchev–Trinajstić information content (AvgIpc) is 2.30. The van der Waals surface area contributed by atoms with Crippen molar-refractivity contribution in [2.45, 2.75) is 6.42 Å². The molecule has 0 aliphatic heterocycles. The molecule has 88 valence electrons. The second kappa shape index (κ2) is 5.46. The fourth-order valence-electron chi connectivity index (χ4n) is 0.924. The number of hydrogen-bond donors (Lipinski definition) is 1. The van der Waals surface area contributed by atoms with Crippen molar-refractivity contribution < 1.29 is 19.6 Å². The van der Waals surface area contributed by atoms with Crippen molar-refractivity contribution in [1.29, 1.82) is 0 Å². The number of methoxy groups -OCH3 is 1. The number of aromatic hydroxyl groups is 1. The minimum atomic E-state index is -0.819. The summed E-state index contributed by atoms with van der Waals surface area (Å²) in [6.07, 6.45) is -0.132. The van der Waals surface area contributed by atoms with Gasteiger partial charge in [0.1, 0.15) is 6.42 Å². The molecule has 0 saturated heterocycles. The van der Waals surface area contributed by atoms with Crippen LogP contribution in [0.1, 0.15) is 12.1 Å². The molecule has 0 aliphatic carbocycles. The highest BCUT2D eigenvalue weighted by Gasteiger charge is 2.15. The molecule has 7 nitrogen and oxygen atoms in total. The van der Waals surface area contributed by atoms with E-state index in [9.17, 15) is 14.9 Å². The Hall–Kier alpha value is -2.62. The molecule has 17 heavy (non-hydrogen) atoms. The Morgan fingerprint density at radius 3 is 2.94 bits per heavy atom. The molecule has 0 fully saturated rings. The zero-order valence-electron chi connectivity index (χ0n) is 8.84. The van der Waals surface area contributed by atoms with E-state index in [1.807, 2.05) is 0 Å². The first-order valence-electron chi connectivity index (χ1n) is 4.44. The number of pyridine rings is 1. The Labute approximate surface area is 96.2 Å². The molecule has 0 bridgehead atoms. The Balaban J connectivity index is 2.89. The van der Waals surface area contributed by atoms with Gasteiger partial charge >= 0.3 is 11.8 Å². The van der Waals surface area contributed by atoms with Gasteiger partial charge in [-0.15, -0.1) is 0 Å². The number of rotatable bonds is 2. The van der Waals surface area contributed by atoms with Crippen LogP contribution in [0.2, 0.25) is 0 Å². The lowest BCUT2D eigenvalue weighted by Gasteiger charge is -1.94. The highest BCUT2D eigenvalue weighted by atomic mass is 16.6. The summed E-state index contributed by atoms with van der Waals surface area (Å²) in [4.78, 5) is 23.9. The van der Waals surface area contributed by atoms with Crippen molar-refractivity contribution in [2.75, 3.05) is 7.11 Å². The summed E-state index contributed by atoms with van der Waals surface area (Å²) in [7, 11) is 1.23. The van der Waals surface area contributed by atoms with Crippen LogP contribution in [0.4, 0.5) is 5.82 Å². The van der Waals surface area contributed by atoms with Crippen LogP contribution in [0.3, 0.4) is 0 Å². The number of esters is 1. The van der Waals surface area contributed by atoms with Crippen molar-refractivity contribution in [3.63, 3.8) is 0 Å². The maximum atomic E-state index is 10.7.